The molecule has 2 rings (SSSR count). The fourth-order valence-electron chi connectivity index (χ4n) is 2.51. The summed E-state index contributed by atoms with van der Waals surface area (Å²) in [6.45, 7) is 0.182. The van der Waals surface area contributed by atoms with Gasteiger partial charge in [-0.25, -0.2) is 0 Å². The van der Waals surface area contributed by atoms with Crippen molar-refractivity contribution in [2.75, 3.05) is 19.7 Å². The lowest BCUT2D eigenvalue weighted by molar-refractivity contribution is -0.128. The van der Waals surface area contributed by atoms with E-state index in [2.05, 4.69) is 20.9 Å². The lowest BCUT2D eigenvalue weighted by Crippen LogP contribution is -2.48. The fourth-order valence-corrected chi connectivity index (χ4v) is 2.51. The Morgan fingerprint density at radius 1 is 1.14 bits per heavy atom. The van der Waals surface area contributed by atoms with Crippen molar-refractivity contribution in [3.05, 3.63) is 65.5 Å². The largest absolute Gasteiger partial charge is 0.394 e. The first-order chi connectivity index (χ1) is 14.0. The zero-order valence-corrected chi connectivity index (χ0v) is 16.0. The molecule has 0 saturated carbocycles. The van der Waals surface area contributed by atoms with Gasteiger partial charge < -0.3 is 21.5 Å². The zero-order valence-electron chi connectivity index (χ0n) is 16.0. The highest BCUT2D eigenvalue weighted by Gasteiger charge is 2.17. The topological polar surface area (TPSA) is 153 Å². The zero-order chi connectivity index (χ0) is 21.1. The van der Waals surface area contributed by atoms with E-state index >= 15 is 0 Å². The molecule has 0 bridgehead atoms. The molecule has 0 aliphatic rings. The Bertz CT molecular complexity index is 811. The highest BCUT2D eigenvalue weighted by molar-refractivity contribution is 5.94. The Morgan fingerprint density at radius 3 is 2.52 bits per heavy atom. The van der Waals surface area contributed by atoms with Crippen LogP contribution >= 0.6 is 0 Å². The second-order valence-corrected chi connectivity index (χ2v) is 6.37. The number of benzene rings is 1. The van der Waals surface area contributed by atoms with Gasteiger partial charge in [-0.05, 0) is 17.7 Å². The maximum atomic E-state index is 12.2. The average molecular weight is 398 g/mol. The van der Waals surface area contributed by atoms with Crippen LogP contribution < -0.4 is 21.7 Å². The van der Waals surface area contributed by atoms with Gasteiger partial charge in [0.1, 0.15) is 11.9 Å². The van der Waals surface area contributed by atoms with E-state index in [1.165, 1.54) is 0 Å². The predicted molar refractivity (Wildman–Crippen MR) is 109 cm³/mol. The molecule has 1 aromatic heterocycles. The molecular weight excluding hydrogens is 372 g/mol. The number of hydrogen-bond donors (Lipinski definition) is 6. The summed E-state index contributed by atoms with van der Waals surface area (Å²) >= 11 is 0. The van der Waals surface area contributed by atoms with Crippen molar-refractivity contribution in [1.82, 2.24) is 20.9 Å². The minimum atomic E-state index is -0.844. The molecule has 9 heteroatoms. The molecule has 0 radical (unpaired) electrons. The molecule has 154 valence electrons. The number of aliphatic hydroxyl groups excluding tert-OH is 1. The number of pyridine rings is 1. The lowest BCUT2D eigenvalue weighted by Gasteiger charge is -2.16. The van der Waals surface area contributed by atoms with E-state index in [-0.39, 0.29) is 18.3 Å². The van der Waals surface area contributed by atoms with E-state index < -0.39 is 18.6 Å². The van der Waals surface area contributed by atoms with Crippen LogP contribution in [0, 0.1) is 5.41 Å². The van der Waals surface area contributed by atoms with Gasteiger partial charge in [0.2, 0.25) is 11.8 Å². The fraction of sp³-hybridized carbons (Fsp3) is 0.300. The summed E-state index contributed by atoms with van der Waals surface area (Å²) in [5.74, 6) is -0.797. The van der Waals surface area contributed by atoms with Crippen molar-refractivity contribution in [3.8, 4) is 0 Å². The second kappa shape index (κ2) is 11.5. The monoisotopic (exact) mass is 398 g/mol. The van der Waals surface area contributed by atoms with Crippen LogP contribution in [0.2, 0.25) is 0 Å². The first-order valence-electron chi connectivity index (χ1n) is 9.21. The van der Waals surface area contributed by atoms with E-state index in [1.54, 1.807) is 30.5 Å². The molecule has 0 aliphatic carbocycles. The van der Waals surface area contributed by atoms with Gasteiger partial charge in [-0.1, -0.05) is 30.3 Å². The molecule has 9 nitrogen and oxygen atoms in total. The summed E-state index contributed by atoms with van der Waals surface area (Å²) in [5.41, 5.74) is 7.76. The molecular formula is C20H26N6O3. The third-order valence-electron chi connectivity index (χ3n) is 4.17. The summed E-state index contributed by atoms with van der Waals surface area (Å²) in [6.07, 6.45) is 2.29. The second-order valence-electron chi connectivity index (χ2n) is 6.37. The van der Waals surface area contributed by atoms with Gasteiger partial charge in [0.05, 0.1) is 13.2 Å². The number of nitrogens with one attached hydrogen (secondary N) is 4. The third-order valence-corrected chi connectivity index (χ3v) is 4.17. The van der Waals surface area contributed by atoms with Gasteiger partial charge >= 0.3 is 0 Å². The normalized spacial score (nSPS) is 11.5. The summed E-state index contributed by atoms with van der Waals surface area (Å²) < 4.78 is 0. The number of nitrogens with zero attached hydrogens (tertiary/aromatic N) is 1. The Hall–Kier alpha value is -3.30. The molecule has 0 spiro atoms. The van der Waals surface area contributed by atoms with Gasteiger partial charge in [0.15, 0.2) is 0 Å². The van der Waals surface area contributed by atoms with Crippen molar-refractivity contribution in [3.63, 3.8) is 0 Å². The van der Waals surface area contributed by atoms with Gasteiger partial charge in [0, 0.05) is 37.0 Å². The van der Waals surface area contributed by atoms with E-state index in [4.69, 9.17) is 11.1 Å². The highest BCUT2D eigenvalue weighted by Crippen LogP contribution is 2.04. The maximum absolute atomic E-state index is 12.2. The van der Waals surface area contributed by atoms with Crippen molar-refractivity contribution in [2.45, 2.75) is 19.0 Å². The van der Waals surface area contributed by atoms with E-state index in [1.807, 2.05) is 18.2 Å². The summed E-state index contributed by atoms with van der Waals surface area (Å²) in [5, 5.41) is 25.0. The number of aromatic nitrogens is 1. The van der Waals surface area contributed by atoms with Crippen molar-refractivity contribution < 1.29 is 14.7 Å². The molecule has 0 fully saturated rings. The molecule has 1 aromatic carbocycles. The Labute approximate surface area is 169 Å². The number of amidine groups is 1. The first-order valence-corrected chi connectivity index (χ1v) is 9.21. The van der Waals surface area contributed by atoms with E-state index in [9.17, 15) is 14.7 Å². The van der Waals surface area contributed by atoms with Crippen molar-refractivity contribution in [2.24, 2.45) is 5.73 Å². The average Bonchev–Trinajstić information content (AvgIpc) is 2.73. The molecule has 2 amide bonds. The minimum Gasteiger partial charge on any atom is -0.394 e. The van der Waals surface area contributed by atoms with Crippen LogP contribution in [0.1, 0.15) is 16.8 Å². The number of amides is 2. The summed E-state index contributed by atoms with van der Waals surface area (Å²) in [4.78, 5) is 28.2. The van der Waals surface area contributed by atoms with E-state index in [0.717, 1.165) is 11.3 Å². The Balaban J connectivity index is 1.70. The van der Waals surface area contributed by atoms with Crippen LogP contribution in [0.3, 0.4) is 0 Å². The van der Waals surface area contributed by atoms with Gasteiger partial charge in [-0.3, -0.25) is 25.3 Å². The molecule has 0 saturated heterocycles. The minimum absolute atomic E-state index is 0.0181. The van der Waals surface area contributed by atoms with Gasteiger partial charge in [-0.15, -0.1) is 0 Å². The molecule has 29 heavy (non-hydrogen) atoms. The number of hydrogen-bond acceptors (Lipinski definition) is 6. The molecule has 1 unspecified atom stereocenters. The number of nitrogen functional groups attached to an aromatic ring is 1. The third kappa shape index (κ3) is 7.68. The summed E-state index contributed by atoms with van der Waals surface area (Å²) in [6, 6.07) is 11.7. The van der Waals surface area contributed by atoms with Crippen LogP contribution in [0.5, 0.6) is 0 Å². The molecule has 2 aromatic rings. The predicted octanol–water partition coefficient (Wildman–Crippen LogP) is -0.709. The van der Waals surface area contributed by atoms with Crippen molar-refractivity contribution >= 4 is 17.6 Å². The number of rotatable bonds is 11. The van der Waals surface area contributed by atoms with Gasteiger partial charge in [-0.2, -0.15) is 0 Å². The standard InChI is InChI=1S/C20H26N6O3/c21-19(22)15-6-4-14(5-7-15)11-25-17(13-27)20(29)26-12-18(28)24-10-8-16-3-1-2-9-23-16/h1-7,9,17,25,27H,8,10-13H2,(H3,21,22)(H,24,28)(H,26,29). The van der Waals surface area contributed by atoms with Gasteiger partial charge in [0.25, 0.3) is 0 Å². The van der Waals surface area contributed by atoms with Crippen molar-refractivity contribution in [1.29, 1.82) is 5.41 Å². The van der Waals surface area contributed by atoms with Crippen LogP contribution in [0.4, 0.5) is 0 Å². The molecule has 1 atom stereocenters. The van der Waals surface area contributed by atoms with Crippen LogP contribution in [-0.2, 0) is 22.6 Å². The maximum Gasteiger partial charge on any atom is 0.239 e. The smallest absolute Gasteiger partial charge is 0.239 e. The molecule has 7 N–H and O–H groups in total. The van der Waals surface area contributed by atoms with E-state index in [0.29, 0.717) is 25.1 Å². The summed E-state index contributed by atoms with van der Waals surface area (Å²) in [7, 11) is 0. The number of aliphatic hydroxyl groups is 1. The highest BCUT2D eigenvalue weighted by atomic mass is 16.3. The Morgan fingerprint density at radius 2 is 1.90 bits per heavy atom. The van der Waals surface area contributed by atoms with Crippen LogP contribution in [0.25, 0.3) is 0 Å². The molecule has 0 aliphatic heterocycles. The number of nitrogens with two attached hydrogens (primary N) is 1. The van der Waals surface area contributed by atoms with Crippen LogP contribution in [0.15, 0.2) is 48.7 Å². The number of carbonyl (C=O) groups is 2. The molecule has 1 heterocycles. The number of carbonyl (C=O) groups excluding carboxylic acids is 2. The first kappa shape index (κ1) is 22.0. The Kier molecular flexibility index (Phi) is 8.74. The van der Waals surface area contributed by atoms with Crippen LogP contribution in [-0.4, -0.2) is 53.5 Å². The lowest BCUT2D eigenvalue weighted by atomic mass is 10.1. The quantitative estimate of drug-likeness (QED) is 0.217. The SMILES string of the molecule is N=C(N)c1ccc(CNC(CO)C(=O)NCC(=O)NCCc2ccccn2)cc1.